The molecule has 0 N–H and O–H groups in total. The summed E-state index contributed by atoms with van der Waals surface area (Å²) in [6.45, 7) is 10.6. The lowest BCUT2D eigenvalue weighted by Crippen LogP contribution is -2.04. The van der Waals surface area contributed by atoms with Crippen LogP contribution in [-0.4, -0.2) is 9.97 Å². The molecule has 1 heterocycles. The van der Waals surface area contributed by atoms with Gasteiger partial charge in [0.1, 0.15) is 5.82 Å². The Morgan fingerprint density at radius 3 is 2.15 bits per heavy atom. The maximum Gasteiger partial charge on any atom is 0.131 e. The third kappa shape index (κ3) is 2.27. The van der Waals surface area contributed by atoms with Gasteiger partial charge in [-0.3, -0.25) is 0 Å². The van der Waals surface area contributed by atoms with Crippen LogP contribution in [0, 0.1) is 6.92 Å². The Kier molecular flexibility index (Phi) is 3.02. The maximum atomic E-state index is 4.56. The van der Waals surface area contributed by atoms with Crippen molar-refractivity contribution in [3.8, 4) is 0 Å². The van der Waals surface area contributed by atoms with Crippen LogP contribution in [0.3, 0.4) is 0 Å². The van der Waals surface area contributed by atoms with Gasteiger partial charge in [-0.1, -0.05) is 27.7 Å². The van der Waals surface area contributed by atoms with Crippen molar-refractivity contribution in [3.63, 3.8) is 0 Å². The lowest BCUT2D eigenvalue weighted by molar-refractivity contribution is 0.722. The van der Waals surface area contributed by atoms with Crippen molar-refractivity contribution in [2.45, 2.75) is 46.5 Å². The standard InChI is InChI=1S/C11H18N2/c1-7(2)10-9(5)6-12-11(13-10)8(3)4/h6-8H,1-5H3. The molecule has 0 aliphatic heterocycles. The number of hydrogen-bond acceptors (Lipinski definition) is 2. The molecule has 0 atom stereocenters. The summed E-state index contributed by atoms with van der Waals surface area (Å²) in [4.78, 5) is 8.87. The Morgan fingerprint density at radius 2 is 1.69 bits per heavy atom. The monoisotopic (exact) mass is 178 g/mol. The minimum absolute atomic E-state index is 0.415. The average Bonchev–Trinajstić information content (AvgIpc) is 2.04. The topological polar surface area (TPSA) is 25.8 Å². The van der Waals surface area contributed by atoms with Crippen LogP contribution in [0.1, 0.15) is 56.6 Å². The number of aromatic nitrogens is 2. The first-order valence-corrected chi connectivity index (χ1v) is 4.85. The summed E-state index contributed by atoms with van der Waals surface area (Å²) in [6, 6.07) is 0. The second-order valence-corrected chi connectivity index (χ2v) is 4.11. The smallest absolute Gasteiger partial charge is 0.131 e. The van der Waals surface area contributed by atoms with Crippen molar-refractivity contribution < 1.29 is 0 Å². The maximum absolute atomic E-state index is 4.56. The molecule has 0 aliphatic rings. The zero-order valence-electron chi connectivity index (χ0n) is 9.13. The van der Waals surface area contributed by atoms with E-state index in [1.54, 1.807) is 0 Å². The summed E-state index contributed by atoms with van der Waals surface area (Å²) in [5, 5.41) is 0. The zero-order chi connectivity index (χ0) is 10.0. The Balaban J connectivity index is 3.11. The summed E-state index contributed by atoms with van der Waals surface area (Å²) >= 11 is 0. The molecule has 0 saturated heterocycles. The van der Waals surface area contributed by atoms with Crippen molar-refractivity contribution in [1.29, 1.82) is 0 Å². The van der Waals surface area contributed by atoms with Gasteiger partial charge in [-0.2, -0.15) is 0 Å². The molecule has 0 unspecified atom stereocenters. The second kappa shape index (κ2) is 3.86. The summed E-state index contributed by atoms with van der Waals surface area (Å²) in [6.07, 6.45) is 1.93. The molecule has 0 radical (unpaired) electrons. The van der Waals surface area contributed by atoms with Gasteiger partial charge in [0.2, 0.25) is 0 Å². The van der Waals surface area contributed by atoms with E-state index in [-0.39, 0.29) is 0 Å². The van der Waals surface area contributed by atoms with E-state index in [9.17, 15) is 0 Å². The molecular weight excluding hydrogens is 160 g/mol. The van der Waals surface area contributed by atoms with Gasteiger partial charge in [-0.15, -0.1) is 0 Å². The number of rotatable bonds is 2. The minimum atomic E-state index is 0.415. The quantitative estimate of drug-likeness (QED) is 0.695. The van der Waals surface area contributed by atoms with Crippen LogP contribution >= 0.6 is 0 Å². The first kappa shape index (κ1) is 10.2. The van der Waals surface area contributed by atoms with E-state index >= 15 is 0 Å². The molecule has 0 fully saturated rings. The van der Waals surface area contributed by atoms with Gasteiger partial charge in [0.25, 0.3) is 0 Å². The fourth-order valence-corrected chi connectivity index (χ4v) is 1.33. The van der Waals surface area contributed by atoms with Crippen LogP contribution in [0.15, 0.2) is 6.20 Å². The van der Waals surface area contributed by atoms with Gasteiger partial charge < -0.3 is 0 Å². The zero-order valence-corrected chi connectivity index (χ0v) is 9.13. The minimum Gasteiger partial charge on any atom is -0.241 e. The van der Waals surface area contributed by atoms with Gasteiger partial charge in [0.15, 0.2) is 0 Å². The van der Waals surface area contributed by atoms with E-state index in [0.29, 0.717) is 11.8 Å². The highest BCUT2D eigenvalue weighted by Gasteiger charge is 2.09. The predicted molar refractivity (Wildman–Crippen MR) is 54.9 cm³/mol. The van der Waals surface area contributed by atoms with Gasteiger partial charge >= 0.3 is 0 Å². The van der Waals surface area contributed by atoms with Gasteiger partial charge in [0.05, 0.1) is 0 Å². The normalized spacial score (nSPS) is 11.3. The van der Waals surface area contributed by atoms with Gasteiger partial charge in [-0.05, 0) is 18.4 Å². The van der Waals surface area contributed by atoms with Crippen molar-refractivity contribution in [1.82, 2.24) is 9.97 Å². The van der Waals surface area contributed by atoms with Crippen LogP contribution in [-0.2, 0) is 0 Å². The van der Waals surface area contributed by atoms with Crippen LogP contribution in [0.25, 0.3) is 0 Å². The molecule has 1 aromatic heterocycles. The third-order valence-corrected chi connectivity index (χ3v) is 2.09. The van der Waals surface area contributed by atoms with Gasteiger partial charge in [0, 0.05) is 17.8 Å². The molecule has 0 saturated carbocycles. The predicted octanol–water partition coefficient (Wildman–Crippen LogP) is 3.03. The van der Waals surface area contributed by atoms with Crippen LogP contribution in [0.2, 0.25) is 0 Å². The highest BCUT2D eigenvalue weighted by molar-refractivity contribution is 5.19. The molecule has 0 spiro atoms. The Morgan fingerprint density at radius 1 is 1.08 bits per heavy atom. The van der Waals surface area contributed by atoms with Crippen molar-refractivity contribution >= 4 is 0 Å². The molecule has 0 amide bonds. The first-order chi connectivity index (χ1) is 6.02. The van der Waals surface area contributed by atoms with E-state index in [4.69, 9.17) is 0 Å². The van der Waals surface area contributed by atoms with Crippen molar-refractivity contribution in [2.75, 3.05) is 0 Å². The van der Waals surface area contributed by atoms with E-state index in [1.807, 2.05) is 6.20 Å². The largest absolute Gasteiger partial charge is 0.241 e. The molecule has 2 heteroatoms. The highest BCUT2D eigenvalue weighted by atomic mass is 14.9. The third-order valence-electron chi connectivity index (χ3n) is 2.09. The Labute approximate surface area is 80.4 Å². The molecule has 0 aliphatic carbocycles. The molecular formula is C11H18N2. The average molecular weight is 178 g/mol. The van der Waals surface area contributed by atoms with Gasteiger partial charge in [-0.25, -0.2) is 9.97 Å². The van der Waals surface area contributed by atoms with Crippen molar-refractivity contribution in [3.05, 3.63) is 23.3 Å². The molecule has 2 nitrogen and oxygen atoms in total. The van der Waals surface area contributed by atoms with E-state index in [0.717, 1.165) is 5.82 Å². The van der Waals surface area contributed by atoms with Crippen LogP contribution in [0.4, 0.5) is 0 Å². The summed E-state index contributed by atoms with van der Waals surface area (Å²) < 4.78 is 0. The molecule has 1 aromatic rings. The summed E-state index contributed by atoms with van der Waals surface area (Å²) in [7, 11) is 0. The molecule has 72 valence electrons. The summed E-state index contributed by atoms with van der Waals surface area (Å²) in [5.74, 6) is 1.85. The fourth-order valence-electron chi connectivity index (χ4n) is 1.33. The molecule has 0 aromatic carbocycles. The number of aryl methyl sites for hydroxylation is 1. The second-order valence-electron chi connectivity index (χ2n) is 4.11. The lowest BCUT2D eigenvalue weighted by atomic mass is 10.1. The lowest BCUT2D eigenvalue weighted by Gasteiger charge is -2.11. The first-order valence-electron chi connectivity index (χ1n) is 4.85. The number of hydrogen-bond donors (Lipinski definition) is 0. The van der Waals surface area contributed by atoms with E-state index in [2.05, 4.69) is 44.6 Å². The SMILES string of the molecule is Cc1cnc(C(C)C)nc1C(C)C. The van der Waals surface area contributed by atoms with E-state index < -0.39 is 0 Å². The molecule has 13 heavy (non-hydrogen) atoms. The van der Waals surface area contributed by atoms with Crippen LogP contribution in [0.5, 0.6) is 0 Å². The molecule has 0 bridgehead atoms. The fraction of sp³-hybridized carbons (Fsp3) is 0.636. The van der Waals surface area contributed by atoms with Crippen molar-refractivity contribution in [2.24, 2.45) is 0 Å². The van der Waals surface area contributed by atoms with Crippen LogP contribution < -0.4 is 0 Å². The Bertz CT molecular complexity index is 290. The Hall–Kier alpha value is -0.920. The number of nitrogens with zero attached hydrogens (tertiary/aromatic N) is 2. The van der Waals surface area contributed by atoms with E-state index in [1.165, 1.54) is 11.3 Å². The summed E-state index contributed by atoms with van der Waals surface area (Å²) in [5.41, 5.74) is 2.37. The molecule has 1 rings (SSSR count). The highest BCUT2D eigenvalue weighted by Crippen LogP contribution is 2.18.